The maximum absolute atomic E-state index is 13.6. The van der Waals surface area contributed by atoms with E-state index in [2.05, 4.69) is 10.4 Å². The number of nitrogens with zero attached hydrogens (tertiary/aromatic N) is 4. The minimum atomic E-state index is -0.831. The van der Waals surface area contributed by atoms with Crippen molar-refractivity contribution in [3.05, 3.63) is 59.3 Å². The van der Waals surface area contributed by atoms with Gasteiger partial charge in [0.1, 0.15) is 11.8 Å². The summed E-state index contributed by atoms with van der Waals surface area (Å²) >= 11 is 0. The van der Waals surface area contributed by atoms with E-state index in [0.29, 0.717) is 19.5 Å². The van der Waals surface area contributed by atoms with Gasteiger partial charge in [0.25, 0.3) is 0 Å². The molecule has 1 aromatic heterocycles. The SMILES string of the molecule is COc1ccc(CC2CC(C(=O)NCc3ccc4c(C)nn(C)c4c3)N(C(=O)C(N)CCC(=O)N3CCCC3)C2)cc1. The number of ether oxygens (including phenoxy) is 1. The monoisotopic (exact) mass is 574 g/mol. The molecule has 3 heterocycles. The summed E-state index contributed by atoms with van der Waals surface area (Å²) in [4.78, 5) is 43.2. The zero-order valence-electron chi connectivity index (χ0n) is 24.8. The highest BCUT2D eigenvalue weighted by Gasteiger charge is 2.41. The normalized spacial score (nSPS) is 19.3. The summed E-state index contributed by atoms with van der Waals surface area (Å²) in [6.07, 6.45) is 3.83. The van der Waals surface area contributed by atoms with E-state index in [1.54, 1.807) is 12.0 Å². The van der Waals surface area contributed by atoms with E-state index < -0.39 is 12.1 Å². The van der Waals surface area contributed by atoms with Crippen molar-refractivity contribution in [3.63, 3.8) is 0 Å². The van der Waals surface area contributed by atoms with Gasteiger partial charge in [0.05, 0.1) is 24.4 Å². The Morgan fingerprint density at radius 2 is 1.81 bits per heavy atom. The Labute approximate surface area is 247 Å². The lowest BCUT2D eigenvalue weighted by Crippen LogP contribution is -2.51. The second-order valence-electron chi connectivity index (χ2n) is 11.7. The fraction of sp³-hybridized carbons (Fsp3) is 0.500. The molecule has 3 N–H and O–H groups in total. The number of aromatic nitrogens is 2. The number of hydrogen-bond donors (Lipinski definition) is 2. The van der Waals surface area contributed by atoms with Gasteiger partial charge < -0.3 is 25.6 Å². The van der Waals surface area contributed by atoms with Crippen molar-refractivity contribution in [1.82, 2.24) is 24.9 Å². The molecule has 3 amide bonds. The van der Waals surface area contributed by atoms with Gasteiger partial charge in [0.15, 0.2) is 0 Å². The van der Waals surface area contributed by atoms with Crippen molar-refractivity contribution in [1.29, 1.82) is 0 Å². The summed E-state index contributed by atoms with van der Waals surface area (Å²) in [6, 6.07) is 12.5. The third kappa shape index (κ3) is 6.59. The van der Waals surface area contributed by atoms with E-state index in [-0.39, 0.29) is 36.5 Å². The highest BCUT2D eigenvalue weighted by atomic mass is 16.5. The van der Waals surface area contributed by atoms with E-state index in [1.807, 2.05) is 66.0 Å². The van der Waals surface area contributed by atoms with Crippen LogP contribution in [-0.2, 0) is 34.4 Å². The topological polar surface area (TPSA) is 123 Å². The number of nitrogens with two attached hydrogens (primary N) is 1. The van der Waals surface area contributed by atoms with Gasteiger partial charge in [0, 0.05) is 45.0 Å². The molecule has 3 aromatic rings. The van der Waals surface area contributed by atoms with Crippen LogP contribution in [0.1, 0.15) is 48.9 Å². The number of hydrogen-bond acceptors (Lipinski definition) is 6. The summed E-state index contributed by atoms with van der Waals surface area (Å²) in [6.45, 7) is 4.31. The molecule has 2 fully saturated rings. The van der Waals surface area contributed by atoms with Crippen LogP contribution >= 0.6 is 0 Å². The second-order valence-corrected chi connectivity index (χ2v) is 11.7. The number of nitrogens with one attached hydrogen (secondary N) is 1. The molecule has 2 saturated heterocycles. The maximum Gasteiger partial charge on any atom is 0.243 e. The number of benzene rings is 2. The van der Waals surface area contributed by atoms with Gasteiger partial charge in [-0.25, -0.2) is 0 Å². The molecular weight excluding hydrogens is 532 g/mol. The standard InChI is InChI=1S/C32H42N6O4/c1-21-26-11-8-23(17-28(26)36(2)35-21)19-34-31(40)29-18-24(16-22-6-9-25(42-3)10-7-22)20-38(29)32(41)27(33)12-13-30(39)37-14-4-5-15-37/h6-11,17,24,27,29H,4-5,12-16,18-20,33H2,1-3H3,(H,34,40). The molecule has 5 rings (SSSR count). The molecule has 3 unspecified atom stereocenters. The lowest BCUT2D eigenvalue weighted by molar-refractivity contribution is -0.140. The maximum atomic E-state index is 13.6. The van der Waals surface area contributed by atoms with Crippen LogP contribution in [0.5, 0.6) is 5.75 Å². The van der Waals surface area contributed by atoms with Crippen molar-refractivity contribution >= 4 is 28.6 Å². The molecule has 2 aromatic carbocycles. The van der Waals surface area contributed by atoms with E-state index in [1.165, 1.54) is 0 Å². The first-order valence-corrected chi connectivity index (χ1v) is 14.9. The number of aryl methyl sites for hydroxylation is 2. The number of fused-ring (bicyclic) bond motifs is 1. The van der Waals surface area contributed by atoms with Crippen LogP contribution < -0.4 is 15.8 Å². The average Bonchev–Trinajstić information content (AvgIpc) is 3.74. The number of carbonyl (C=O) groups is 3. The molecule has 10 nitrogen and oxygen atoms in total. The molecule has 3 atom stereocenters. The quantitative estimate of drug-likeness (QED) is 0.384. The first-order valence-electron chi connectivity index (χ1n) is 14.9. The van der Waals surface area contributed by atoms with Crippen LogP contribution in [0, 0.1) is 12.8 Å². The molecule has 2 aliphatic heterocycles. The van der Waals surface area contributed by atoms with Gasteiger partial charge in [0.2, 0.25) is 17.7 Å². The van der Waals surface area contributed by atoms with Crippen LogP contribution in [0.4, 0.5) is 0 Å². The lowest BCUT2D eigenvalue weighted by atomic mass is 9.96. The summed E-state index contributed by atoms with van der Waals surface area (Å²) < 4.78 is 7.12. The van der Waals surface area contributed by atoms with Crippen LogP contribution in [0.15, 0.2) is 42.5 Å². The molecule has 0 bridgehead atoms. The summed E-state index contributed by atoms with van der Waals surface area (Å²) in [5, 5.41) is 8.62. The molecule has 0 saturated carbocycles. The third-order valence-electron chi connectivity index (χ3n) is 8.67. The van der Waals surface area contributed by atoms with E-state index in [9.17, 15) is 14.4 Å². The average molecular weight is 575 g/mol. The molecule has 0 aliphatic carbocycles. The minimum absolute atomic E-state index is 0.0458. The van der Waals surface area contributed by atoms with Crippen molar-refractivity contribution in [3.8, 4) is 5.75 Å². The third-order valence-corrected chi connectivity index (χ3v) is 8.67. The van der Waals surface area contributed by atoms with Crippen LogP contribution in [-0.4, -0.2) is 76.1 Å². The Bertz CT molecular complexity index is 1430. The Morgan fingerprint density at radius 3 is 2.52 bits per heavy atom. The number of likely N-dealkylation sites (tertiary alicyclic amines) is 2. The summed E-state index contributed by atoms with van der Waals surface area (Å²) in [5.41, 5.74) is 10.4. The van der Waals surface area contributed by atoms with Crippen LogP contribution in [0.25, 0.3) is 10.9 Å². The first-order chi connectivity index (χ1) is 20.2. The first kappa shape index (κ1) is 29.6. The van der Waals surface area contributed by atoms with Gasteiger partial charge in [-0.3, -0.25) is 19.1 Å². The van der Waals surface area contributed by atoms with Gasteiger partial charge >= 0.3 is 0 Å². The Balaban J connectivity index is 1.26. The molecule has 10 heteroatoms. The van der Waals surface area contributed by atoms with Gasteiger partial charge in [-0.05, 0) is 74.3 Å². The van der Waals surface area contributed by atoms with Crippen molar-refractivity contribution in [2.24, 2.45) is 18.7 Å². The minimum Gasteiger partial charge on any atom is -0.497 e. The van der Waals surface area contributed by atoms with Gasteiger partial charge in [-0.1, -0.05) is 24.3 Å². The molecular formula is C32H42N6O4. The second kappa shape index (κ2) is 12.9. The number of amides is 3. The Hall–Kier alpha value is -3.92. The molecule has 224 valence electrons. The molecule has 0 spiro atoms. The zero-order valence-corrected chi connectivity index (χ0v) is 24.8. The molecule has 2 aliphatic rings. The highest BCUT2D eigenvalue weighted by Crippen LogP contribution is 2.29. The zero-order chi connectivity index (χ0) is 29.8. The highest BCUT2D eigenvalue weighted by molar-refractivity contribution is 5.91. The summed E-state index contributed by atoms with van der Waals surface area (Å²) in [5.74, 6) is 0.471. The number of methoxy groups -OCH3 is 1. The van der Waals surface area contributed by atoms with E-state index in [0.717, 1.165) is 65.8 Å². The number of carbonyl (C=O) groups excluding carboxylic acids is 3. The van der Waals surface area contributed by atoms with E-state index in [4.69, 9.17) is 10.5 Å². The van der Waals surface area contributed by atoms with Crippen molar-refractivity contribution < 1.29 is 19.1 Å². The fourth-order valence-corrected chi connectivity index (χ4v) is 6.30. The van der Waals surface area contributed by atoms with Gasteiger partial charge in [-0.15, -0.1) is 0 Å². The van der Waals surface area contributed by atoms with Gasteiger partial charge in [-0.2, -0.15) is 5.10 Å². The van der Waals surface area contributed by atoms with Crippen LogP contribution in [0.2, 0.25) is 0 Å². The van der Waals surface area contributed by atoms with Crippen molar-refractivity contribution in [2.75, 3.05) is 26.7 Å². The van der Waals surface area contributed by atoms with E-state index >= 15 is 0 Å². The Kier molecular flexibility index (Phi) is 9.11. The predicted molar refractivity (Wildman–Crippen MR) is 161 cm³/mol. The molecule has 0 radical (unpaired) electrons. The number of rotatable bonds is 10. The smallest absolute Gasteiger partial charge is 0.243 e. The largest absolute Gasteiger partial charge is 0.497 e. The van der Waals surface area contributed by atoms with Crippen LogP contribution in [0.3, 0.4) is 0 Å². The fourth-order valence-electron chi connectivity index (χ4n) is 6.30. The Morgan fingerprint density at radius 1 is 1.10 bits per heavy atom. The predicted octanol–water partition coefficient (Wildman–Crippen LogP) is 2.70. The molecule has 42 heavy (non-hydrogen) atoms. The van der Waals surface area contributed by atoms with Crippen molar-refractivity contribution in [2.45, 2.75) is 64.1 Å². The summed E-state index contributed by atoms with van der Waals surface area (Å²) in [7, 11) is 3.54. The lowest BCUT2D eigenvalue weighted by Gasteiger charge is -2.27.